The fraction of sp³-hybridized carbons (Fsp3) is 0.400. The second-order valence-electron chi connectivity index (χ2n) is 4.53. The molecule has 4 nitrogen and oxygen atoms in total. The molecule has 0 amide bonds. The van der Waals surface area contributed by atoms with Crippen molar-refractivity contribution in [3.05, 3.63) is 36.0 Å². The minimum atomic E-state index is -0.222. The minimum absolute atomic E-state index is 0.00228. The van der Waals surface area contributed by atoms with Gasteiger partial charge in [0.25, 0.3) is 0 Å². The molecule has 1 aromatic carbocycles. The third-order valence-corrected chi connectivity index (χ3v) is 3.13. The maximum Gasteiger partial charge on any atom is 0.325 e. The molecule has 102 valence electrons. The third kappa shape index (κ3) is 3.15. The van der Waals surface area contributed by atoms with Gasteiger partial charge in [0, 0.05) is 17.1 Å². The second kappa shape index (κ2) is 6.38. The monoisotopic (exact) mass is 261 g/mol. The molecular formula is C15H19NO3. The van der Waals surface area contributed by atoms with Crippen LogP contribution >= 0.6 is 0 Å². The van der Waals surface area contributed by atoms with Crippen LogP contribution < -0.4 is 0 Å². The number of carbonyl (C=O) groups excluding carboxylic acids is 1. The first-order valence-electron chi connectivity index (χ1n) is 6.59. The SMILES string of the molecule is CCCCOC(=O)Cn1ccc2c(CO)cccc21. The van der Waals surface area contributed by atoms with Gasteiger partial charge in [0.05, 0.1) is 13.2 Å². The predicted octanol–water partition coefficient (Wildman–Crippen LogP) is 2.48. The highest BCUT2D eigenvalue weighted by molar-refractivity contribution is 5.85. The van der Waals surface area contributed by atoms with E-state index in [1.54, 1.807) is 0 Å². The normalized spacial score (nSPS) is 10.8. The molecule has 0 saturated carbocycles. The van der Waals surface area contributed by atoms with Gasteiger partial charge < -0.3 is 14.4 Å². The summed E-state index contributed by atoms with van der Waals surface area (Å²) >= 11 is 0. The van der Waals surface area contributed by atoms with Crippen molar-refractivity contribution in [1.82, 2.24) is 4.57 Å². The average molecular weight is 261 g/mol. The molecule has 0 aliphatic rings. The molecule has 0 radical (unpaired) electrons. The van der Waals surface area contributed by atoms with E-state index in [9.17, 15) is 9.90 Å². The number of aliphatic hydroxyl groups is 1. The molecule has 0 unspecified atom stereocenters. The number of esters is 1. The average Bonchev–Trinajstić information content (AvgIpc) is 2.82. The number of ether oxygens (including phenoxy) is 1. The minimum Gasteiger partial charge on any atom is -0.464 e. The van der Waals surface area contributed by atoms with Gasteiger partial charge in [-0.1, -0.05) is 25.5 Å². The van der Waals surface area contributed by atoms with Crippen LogP contribution in [-0.2, 0) is 22.7 Å². The number of hydrogen-bond acceptors (Lipinski definition) is 3. The Labute approximate surface area is 112 Å². The number of aliphatic hydroxyl groups excluding tert-OH is 1. The smallest absolute Gasteiger partial charge is 0.325 e. The number of carbonyl (C=O) groups is 1. The molecule has 2 rings (SSSR count). The van der Waals surface area contributed by atoms with Crippen molar-refractivity contribution >= 4 is 16.9 Å². The molecule has 0 saturated heterocycles. The number of unbranched alkanes of at least 4 members (excludes halogenated alkanes) is 1. The maximum absolute atomic E-state index is 11.7. The first-order valence-corrected chi connectivity index (χ1v) is 6.59. The molecule has 0 atom stereocenters. The summed E-state index contributed by atoms with van der Waals surface area (Å²) in [4.78, 5) is 11.7. The molecule has 2 aromatic rings. The Hall–Kier alpha value is -1.81. The van der Waals surface area contributed by atoms with Gasteiger partial charge in [-0.15, -0.1) is 0 Å². The number of rotatable bonds is 6. The van der Waals surface area contributed by atoms with Gasteiger partial charge in [0.15, 0.2) is 0 Å². The van der Waals surface area contributed by atoms with Gasteiger partial charge in [-0.05, 0) is 24.1 Å². The van der Waals surface area contributed by atoms with E-state index < -0.39 is 0 Å². The van der Waals surface area contributed by atoms with Crippen LogP contribution in [0, 0.1) is 0 Å². The van der Waals surface area contributed by atoms with E-state index in [-0.39, 0.29) is 19.1 Å². The zero-order chi connectivity index (χ0) is 13.7. The molecule has 0 spiro atoms. The highest BCUT2D eigenvalue weighted by Crippen LogP contribution is 2.20. The number of fused-ring (bicyclic) bond motifs is 1. The Morgan fingerprint density at radius 2 is 2.21 bits per heavy atom. The summed E-state index contributed by atoms with van der Waals surface area (Å²) in [5.41, 5.74) is 1.81. The van der Waals surface area contributed by atoms with E-state index in [0.29, 0.717) is 6.61 Å². The summed E-state index contributed by atoms with van der Waals surface area (Å²) in [7, 11) is 0. The van der Waals surface area contributed by atoms with Crippen molar-refractivity contribution in [3.63, 3.8) is 0 Å². The summed E-state index contributed by atoms with van der Waals surface area (Å²) in [6.07, 6.45) is 3.76. The fourth-order valence-electron chi connectivity index (χ4n) is 2.08. The molecule has 0 fully saturated rings. The Morgan fingerprint density at radius 1 is 1.37 bits per heavy atom. The third-order valence-electron chi connectivity index (χ3n) is 3.13. The first-order chi connectivity index (χ1) is 9.26. The van der Waals surface area contributed by atoms with Gasteiger partial charge in [-0.3, -0.25) is 4.79 Å². The predicted molar refractivity (Wildman–Crippen MR) is 73.7 cm³/mol. The van der Waals surface area contributed by atoms with Crippen LogP contribution in [0.4, 0.5) is 0 Å². The molecule has 0 bridgehead atoms. The van der Waals surface area contributed by atoms with Gasteiger partial charge in [0.1, 0.15) is 6.54 Å². The lowest BCUT2D eigenvalue weighted by Crippen LogP contribution is -2.13. The summed E-state index contributed by atoms with van der Waals surface area (Å²) in [6.45, 7) is 2.75. The van der Waals surface area contributed by atoms with Gasteiger partial charge in [-0.25, -0.2) is 0 Å². The summed E-state index contributed by atoms with van der Waals surface area (Å²) < 4.78 is 7.00. The summed E-state index contributed by atoms with van der Waals surface area (Å²) in [5.74, 6) is -0.222. The Balaban J connectivity index is 2.11. The van der Waals surface area contributed by atoms with E-state index in [0.717, 1.165) is 29.3 Å². The van der Waals surface area contributed by atoms with E-state index in [1.165, 1.54) is 0 Å². The van der Waals surface area contributed by atoms with Crippen LogP contribution in [0.1, 0.15) is 25.3 Å². The van der Waals surface area contributed by atoms with Crippen LogP contribution in [0.25, 0.3) is 10.9 Å². The quantitative estimate of drug-likeness (QED) is 0.642. The first kappa shape index (κ1) is 13.6. The van der Waals surface area contributed by atoms with E-state index >= 15 is 0 Å². The van der Waals surface area contributed by atoms with E-state index in [1.807, 2.05) is 35.0 Å². The van der Waals surface area contributed by atoms with Crippen molar-refractivity contribution in [2.24, 2.45) is 0 Å². The number of nitrogens with zero attached hydrogens (tertiary/aromatic N) is 1. The largest absolute Gasteiger partial charge is 0.464 e. The maximum atomic E-state index is 11.7. The molecule has 4 heteroatoms. The molecule has 1 N–H and O–H groups in total. The Kier molecular flexibility index (Phi) is 4.58. The van der Waals surface area contributed by atoms with Crippen LogP contribution in [0.2, 0.25) is 0 Å². The van der Waals surface area contributed by atoms with Crippen LogP contribution in [0.5, 0.6) is 0 Å². The van der Waals surface area contributed by atoms with Crippen molar-refractivity contribution < 1.29 is 14.6 Å². The fourth-order valence-corrected chi connectivity index (χ4v) is 2.08. The van der Waals surface area contributed by atoms with Crippen molar-refractivity contribution in [2.45, 2.75) is 32.9 Å². The lowest BCUT2D eigenvalue weighted by molar-refractivity contribution is -0.144. The molecular weight excluding hydrogens is 242 g/mol. The lowest BCUT2D eigenvalue weighted by Gasteiger charge is -2.07. The van der Waals surface area contributed by atoms with E-state index in [4.69, 9.17) is 4.74 Å². The number of aromatic nitrogens is 1. The standard InChI is InChI=1S/C15H19NO3/c1-2-3-9-19-15(18)10-16-8-7-13-12(11-17)5-4-6-14(13)16/h4-8,17H,2-3,9-11H2,1H3. The molecule has 0 aliphatic carbocycles. The van der Waals surface area contributed by atoms with Crippen molar-refractivity contribution in [3.8, 4) is 0 Å². The molecule has 0 aliphatic heterocycles. The van der Waals surface area contributed by atoms with Gasteiger partial charge in [0.2, 0.25) is 0 Å². The summed E-state index contributed by atoms with van der Waals surface area (Å²) in [5, 5.41) is 10.2. The second-order valence-corrected chi connectivity index (χ2v) is 4.53. The highest BCUT2D eigenvalue weighted by atomic mass is 16.5. The lowest BCUT2D eigenvalue weighted by atomic mass is 10.1. The van der Waals surface area contributed by atoms with Crippen molar-refractivity contribution in [1.29, 1.82) is 0 Å². The molecule has 19 heavy (non-hydrogen) atoms. The molecule has 1 heterocycles. The topological polar surface area (TPSA) is 51.5 Å². The van der Waals surface area contributed by atoms with Gasteiger partial charge in [-0.2, -0.15) is 0 Å². The zero-order valence-corrected chi connectivity index (χ0v) is 11.1. The molecule has 1 aromatic heterocycles. The Morgan fingerprint density at radius 3 is 2.95 bits per heavy atom. The van der Waals surface area contributed by atoms with Crippen LogP contribution in [0.3, 0.4) is 0 Å². The van der Waals surface area contributed by atoms with E-state index in [2.05, 4.69) is 6.92 Å². The number of benzene rings is 1. The number of hydrogen-bond donors (Lipinski definition) is 1. The van der Waals surface area contributed by atoms with Crippen LogP contribution in [0.15, 0.2) is 30.5 Å². The van der Waals surface area contributed by atoms with Gasteiger partial charge >= 0.3 is 5.97 Å². The highest BCUT2D eigenvalue weighted by Gasteiger charge is 2.09. The van der Waals surface area contributed by atoms with Crippen LogP contribution in [-0.4, -0.2) is 22.2 Å². The zero-order valence-electron chi connectivity index (χ0n) is 11.1. The summed E-state index contributed by atoms with van der Waals surface area (Å²) in [6, 6.07) is 7.62. The Bertz CT molecular complexity index is 560. The van der Waals surface area contributed by atoms with Crippen molar-refractivity contribution in [2.75, 3.05) is 6.61 Å².